The summed E-state index contributed by atoms with van der Waals surface area (Å²) in [6.07, 6.45) is 8.26. The van der Waals surface area contributed by atoms with Gasteiger partial charge >= 0.3 is 0 Å². The first-order chi connectivity index (χ1) is 11.7. The third-order valence-corrected chi connectivity index (χ3v) is 5.00. The van der Waals surface area contributed by atoms with Crippen LogP contribution in [0.2, 0.25) is 0 Å². The van der Waals surface area contributed by atoms with Gasteiger partial charge in [0.25, 0.3) is 0 Å². The van der Waals surface area contributed by atoms with Gasteiger partial charge in [-0.1, -0.05) is 6.92 Å². The van der Waals surface area contributed by atoms with Crippen LogP contribution in [0.15, 0.2) is 41.1 Å². The fraction of sp³-hybridized carbons (Fsp3) is 0.550. The summed E-state index contributed by atoms with van der Waals surface area (Å²) in [7, 11) is 0. The molecule has 0 bridgehead atoms. The third kappa shape index (κ3) is 4.68. The number of likely N-dealkylation sites (tertiary alicyclic amines) is 1. The topological polar surface area (TPSA) is 41.3 Å². The number of nitrogens with one attached hydrogen (secondary N) is 1. The van der Waals surface area contributed by atoms with Gasteiger partial charge in [-0.2, -0.15) is 0 Å². The monoisotopic (exact) mass is 327 g/mol. The lowest BCUT2D eigenvalue weighted by Gasteiger charge is -2.33. The SMILES string of the molecule is CCc1ccc(C(C)NC2CCN(CCc3ccncc3)CC2)o1. The van der Waals surface area contributed by atoms with Gasteiger partial charge in [-0.25, -0.2) is 0 Å². The van der Waals surface area contributed by atoms with Crippen molar-refractivity contribution in [2.45, 2.75) is 51.6 Å². The van der Waals surface area contributed by atoms with E-state index in [2.05, 4.69) is 53.3 Å². The largest absolute Gasteiger partial charge is 0.464 e. The maximum atomic E-state index is 5.87. The highest BCUT2D eigenvalue weighted by atomic mass is 16.3. The van der Waals surface area contributed by atoms with Crippen molar-refractivity contribution in [3.63, 3.8) is 0 Å². The second-order valence-electron chi connectivity index (χ2n) is 6.77. The molecular formula is C20H29N3O. The van der Waals surface area contributed by atoms with Crippen molar-refractivity contribution in [2.24, 2.45) is 0 Å². The number of pyridine rings is 1. The Labute approximate surface area is 145 Å². The van der Waals surface area contributed by atoms with Crippen molar-refractivity contribution < 1.29 is 4.42 Å². The Kier molecular flexibility index (Phi) is 6.05. The first-order valence-corrected chi connectivity index (χ1v) is 9.20. The predicted octanol–water partition coefficient (Wildman–Crippen LogP) is 3.59. The van der Waals surface area contributed by atoms with Crippen molar-refractivity contribution in [2.75, 3.05) is 19.6 Å². The van der Waals surface area contributed by atoms with Crippen molar-refractivity contribution in [3.8, 4) is 0 Å². The highest BCUT2D eigenvalue weighted by Gasteiger charge is 2.21. The molecule has 1 aliphatic rings. The van der Waals surface area contributed by atoms with E-state index in [9.17, 15) is 0 Å². The first-order valence-electron chi connectivity index (χ1n) is 9.20. The number of nitrogens with zero attached hydrogens (tertiary/aromatic N) is 2. The van der Waals surface area contributed by atoms with Gasteiger partial charge in [-0.15, -0.1) is 0 Å². The fourth-order valence-electron chi connectivity index (χ4n) is 3.41. The van der Waals surface area contributed by atoms with Gasteiger partial charge in [-0.3, -0.25) is 4.98 Å². The zero-order chi connectivity index (χ0) is 16.8. The van der Waals surface area contributed by atoms with Gasteiger partial charge in [0.2, 0.25) is 0 Å². The van der Waals surface area contributed by atoms with Crippen molar-refractivity contribution in [1.29, 1.82) is 0 Å². The van der Waals surface area contributed by atoms with Gasteiger partial charge in [0.15, 0.2) is 0 Å². The second kappa shape index (κ2) is 8.45. The summed E-state index contributed by atoms with van der Waals surface area (Å²) in [6.45, 7) is 7.82. The molecule has 1 aliphatic heterocycles. The Morgan fingerprint density at radius 3 is 2.62 bits per heavy atom. The van der Waals surface area contributed by atoms with Crippen LogP contribution in [0.5, 0.6) is 0 Å². The molecule has 4 heteroatoms. The van der Waals surface area contributed by atoms with Gasteiger partial charge in [0.05, 0.1) is 6.04 Å². The number of aromatic nitrogens is 1. The van der Waals surface area contributed by atoms with Gasteiger partial charge in [-0.05, 0) is 69.1 Å². The van der Waals surface area contributed by atoms with Crippen LogP contribution in [-0.4, -0.2) is 35.6 Å². The molecule has 0 radical (unpaired) electrons. The molecule has 1 fully saturated rings. The molecule has 4 nitrogen and oxygen atoms in total. The standard InChI is InChI=1S/C20H29N3O/c1-3-19-4-5-20(24-19)16(2)22-18-9-14-23(15-10-18)13-8-17-6-11-21-12-7-17/h4-7,11-12,16,18,22H,3,8-10,13-15H2,1-2H3. The fourth-order valence-corrected chi connectivity index (χ4v) is 3.41. The van der Waals surface area contributed by atoms with Gasteiger partial charge in [0.1, 0.15) is 11.5 Å². The molecule has 0 aromatic carbocycles. The maximum Gasteiger partial charge on any atom is 0.120 e. The Balaban J connectivity index is 1.40. The summed E-state index contributed by atoms with van der Waals surface area (Å²) < 4.78 is 5.87. The molecule has 130 valence electrons. The van der Waals surface area contributed by atoms with Crippen LogP contribution < -0.4 is 5.32 Å². The van der Waals surface area contributed by atoms with Crippen LogP contribution in [0.3, 0.4) is 0 Å². The first kappa shape index (κ1) is 17.2. The zero-order valence-corrected chi connectivity index (χ0v) is 14.9. The van der Waals surface area contributed by atoms with Crippen LogP contribution in [-0.2, 0) is 12.8 Å². The zero-order valence-electron chi connectivity index (χ0n) is 14.9. The van der Waals surface area contributed by atoms with Crippen LogP contribution in [0.25, 0.3) is 0 Å². The van der Waals surface area contributed by atoms with E-state index in [-0.39, 0.29) is 0 Å². The van der Waals surface area contributed by atoms with E-state index < -0.39 is 0 Å². The number of rotatable bonds is 7. The molecule has 1 saturated heterocycles. The number of hydrogen-bond acceptors (Lipinski definition) is 4. The quantitative estimate of drug-likeness (QED) is 0.844. The average Bonchev–Trinajstić information content (AvgIpc) is 3.11. The molecule has 1 unspecified atom stereocenters. The second-order valence-corrected chi connectivity index (χ2v) is 6.77. The third-order valence-electron chi connectivity index (χ3n) is 5.00. The molecule has 1 atom stereocenters. The van der Waals surface area contributed by atoms with E-state index in [1.165, 1.54) is 31.5 Å². The van der Waals surface area contributed by atoms with Crippen molar-refractivity contribution in [3.05, 3.63) is 53.7 Å². The Hall–Kier alpha value is -1.65. The molecule has 2 aromatic rings. The lowest BCUT2D eigenvalue weighted by Crippen LogP contribution is -2.43. The molecular weight excluding hydrogens is 298 g/mol. The van der Waals surface area contributed by atoms with E-state index in [4.69, 9.17) is 4.42 Å². The number of aryl methyl sites for hydroxylation is 1. The van der Waals surface area contributed by atoms with E-state index in [0.29, 0.717) is 12.1 Å². The van der Waals surface area contributed by atoms with Crippen LogP contribution >= 0.6 is 0 Å². The summed E-state index contributed by atoms with van der Waals surface area (Å²) in [5, 5.41) is 3.74. The smallest absolute Gasteiger partial charge is 0.120 e. The minimum absolute atomic E-state index is 0.290. The molecule has 2 aromatic heterocycles. The minimum atomic E-state index is 0.290. The molecule has 1 N–H and O–H groups in total. The van der Waals surface area contributed by atoms with E-state index in [1.807, 2.05) is 12.4 Å². The van der Waals surface area contributed by atoms with E-state index in [0.717, 1.165) is 30.9 Å². The Morgan fingerprint density at radius 1 is 1.21 bits per heavy atom. The van der Waals surface area contributed by atoms with E-state index >= 15 is 0 Å². The summed E-state index contributed by atoms with van der Waals surface area (Å²) in [5.41, 5.74) is 1.38. The number of hydrogen-bond donors (Lipinski definition) is 1. The van der Waals surface area contributed by atoms with Crippen molar-refractivity contribution >= 4 is 0 Å². The van der Waals surface area contributed by atoms with E-state index in [1.54, 1.807) is 0 Å². The predicted molar refractivity (Wildman–Crippen MR) is 97.0 cm³/mol. The molecule has 0 spiro atoms. The summed E-state index contributed by atoms with van der Waals surface area (Å²) in [6, 6.07) is 9.31. The Bertz CT molecular complexity index is 602. The summed E-state index contributed by atoms with van der Waals surface area (Å²) in [4.78, 5) is 6.65. The maximum absolute atomic E-state index is 5.87. The summed E-state index contributed by atoms with van der Waals surface area (Å²) >= 11 is 0. The molecule has 0 amide bonds. The normalized spacial score (nSPS) is 17.9. The average molecular weight is 327 g/mol. The molecule has 3 heterocycles. The minimum Gasteiger partial charge on any atom is -0.464 e. The lowest BCUT2D eigenvalue weighted by atomic mass is 10.0. The van der Waals surface area contributed by atoms with Crippen molar-refractivity contribution in [1.82, 2.24) is 15.2 Å². The molecule has 0 saturated carbocycles. The van der Waals surface area contributed by atoms with Crippen LogP contribution in [0, 0.1) is 0 Å². The highest BCUT2D eigenvalue weighted by molar-refractivity contribution is 5.11. The van der Waals surface area contributed by atoms with Crippen LogP contribution in [0.4, 0.5) is 0 Å². The summed E-state index contributed by atoms with van der Waals surface area (Å²) in [5.74, 6) is 2.14. The number of furan rings is 1. The highest BCUT2D eigenvalue weighted by Crippen LogP contribution is 2.20. The molecule has 0 aliphatic carbocycles. The van der Waals surface area contributed by atoms with Gasteiger partial charge in [0, 0.05) is 31.4 Å². The van der Waals surface area contributed by atoms with Gasteiger partial charge < -0.3 is 14.6 Å². The van der Waals surface area contributed by atoms with Crippen LogP contribution in [0.1, 0.15) is 49.8 Å². The lowest BCUT2D eigenvalue weighted by molar-refractivity contribution is 0.191. The molecule has 24 heavy (non-hydrogen) atoms. The number of piperidine rings is 1. The Morgan fingerprint density at radius 2 is 1.96 bits per heavy atom. The molecule has 3 rings (SSSR count).